The van der Waals surface area contributed by atoms with Crippen LogP contribution in [-0.2, 0) is 16.0 Å². The minimum Gasteiger partial charge on any atom is -0.490 e. The van der Waals surface area contributed by atoms with Gasteiger partial charge in [-0.2, -0.15) is 0 Å². The molecular weight excluding hydrogens is 368 g/mol. The van der Waals surface area contributed by atoms with E-state index in [2.05, 4.69) is 22.0 Å². The Morgan fingerprint density at radius 1 is 1.24 bits per heavy atom. The molecule has 7 heteroatoms. The number of carbonyl (C=O) groups is 1. The molecule has 0 spiro atoms. The van der Waals surface area contributed by atoms with Gasteiger partial charge in [0.05, 0.1) is 17.8 Å². The van der Waals surface area contributed by atoms with E-state index in [-0.39, 0.29) is 0 Å². The molecule has 0 aliphatic heterocycles. The minimum absolute atomic E-state index is 0.351. The van der Waals surface area contributed by atoms with E-state index >= 15 is 0 Å². The number of amides is 1. The molecule has 0 atom stereocenters. The summed E-state index contributed by atoms with van der Waals surface area (Å²) in [6, 6.07) is 11.7. The van der Waals surface area contributed by atoms with Gasteiger partial charge in [-0.3, -0.25) is 0 Å². The fraction of sp³-hybridized carbons (Fsp3) is 0.318. The van der Waals surface area contributed by atoms with E-state index < -0.39 is 11.7 Å². The molecule has 2 aromatic heterocycles. The Labute approximate surface area is 170 Å². The van der Waals surface area contributed by atoms with E-state index in [1.165, 1.54) is 0 Å². The lowest BCUT2D eigenvalue weighted by Gasteiger charge is -2.19. The third-order valence-corrected chi connectivity index (χ3v) is 4.00. The van der Waals surface area contributed by atoms with Crippen LogP contribution in [0.2, 0.25) is 0 Å². The van der Waals surface area contributed by atoms with Gasteiger partial charge >= 0.3 is 6.09 Å². The number of ether oxygens (including phenoxy) is 2. The van der Waals surface area contributed by atoms with E-state index in [4.69, 9.17) is 9.47 Å². The van der Waals surface area contributed by atoms with Crippen LogP contribution in [0.4, 0.5) is 4.79 Å². The lowest BCUT2D eigenvalue weighted by molar-refractivity contribution is 0.0523. The number of alkyl carbamates (subject to hydrolysis) is 1. The zero-order chi connectivity index (χ0) is 21.0. The van der Waals surface area contributed by atoms with Gasteiger partial charge in [-0.05, 0) is 51.5 Å². The zero-order valence-electron chi connectivity index (χ0n) is 17.2. The quantitative estimate of drug-likeness (QED) is 0.626. The number of aromatic nitrogens is 3. The Balaban J connectivity index is 1.88. The van der Waals surface area contributed by atoms with Crippen molar-refractivity contribution in [1.82, 2.24) is 19.9 Å². The van der Waals surface area contributed by atoms with Crippen LogP contribution in [0, 0.1) is 0 Å². The minimum atomic E-state index is -0.535. The normalized spacial score (nSPS) is 11.3. The molecule has 1 amide bonds. The largest absolute Gasteiger partial charge is 0.490 e. The second kappa shape index (κ2) is 8.34. The standard InChI is InChI=1S/C22H26N4O3/c1-6-28-15(2)20-24-19(18-11-8-12-26(18)25-20)17-10-7-9-16(13-17)14-23-21(27)29-22(3,4)5/h7-13H,2,6,14H2,1,3-5H3,(H,23,27). The van der Waals surface area contributed by atoms with Gasteiger partial charge in [0.2, 0.25) is 5.82 Å². The first-order valence-corrected chi connectivity index (χ1v) is 9.50. The maximum atomic E-state index is 11.9. The summed E-state index contributed by atoms with van der Waals surface area (Å²) in [5.41, 5.74) is 2.94. The summed E-state index contributed by atoms with van der Waals surface area (Å²) in [5, 5.41) is 7.24. The first-order chi connectivity index (χ1) is 13.8. The van der Waals surface area contributed by atoms with Gasteiger partial charge in [-0.15, -0.1) is 5.10 Å². The number of rotatable bonds is 6. The van der Waals surface area contributed by atoms with Crippen LogP contribution in [0.15, 0.2) is 49.2 Å². The van der Waals surface area contributed by atoms with E-state index in [0.717, 1.165) is 22.3 Å². The molecule has 3 rings (SSSR count). The van der Waals surface area contributed by atoms with Gasteiger partial charge in [0.15, 0.2) is 5.76 Å². The van der Waals surface area contributed by atoms with Crippen LogP contribution in [0.5, 0.6) is 0 Å². The van der Waals surface area contributed by atoms with Crippen molar-refractivity contribution >= 4 is 17.4 Å². The van der Waals surface area contributed by atoms with Crippen molar-refractivity contribution in [2.24, 2.45) is 0 Å². The predicted octanol–water partition coefficient (Wildman–Crippen LogP) is 4.43. The summed E-state index contributed by atoms with van der Waals surface area (Å²) in [7, 11) is 0. The van der Waals surface area contributed by atoms with E-state index in [1.54, 1.807) is 4.52 Å². The average molecular weight is 394 g/mol. The monoisotopic (exact) mass is 394 g/mol. The fourth-order valence-electron chi connectivity index (χ4n) is 2.82. The summed E-state index contributed by atoms with van der Waals surface area (Å²) in [5.74, 6) is 0.856. The van der Waals surface area contributed by atoms with Crippen LogP contribution >= 0.6 is 0 Å². The van der Waals surface area contributed by atoms with Crippen molar-refractivity contribution in [1.29, 1.82) is 0 Å². The first kappa shape index (κ1) is 20.4. The average Bonchev–Trinajstić information content (AvgIpc) is 3.13. The topological polar surface area (TPSA) is 77.8 Å². The molecule has 7 nitrogen and oxygen atoms in total. The van der Waals surface area contributed by atoms with Crippen LogP contribution in [0.3, 0.4) is 0 Å². The molecule has 0 bridgehead atoms. The second-order valence-electron chi connectivity index (χ2n) is 7.53. The lowest BCUT2D eigenvalue weighted by atomic mass is 10.1. The zero-order valence-corrected chi connectivity index (χ0v) is 17.2. The predicted molar refractivity (Wildman–Crippen MR) is 112 cm³/mol. The van der Waals surface area contributed by atoms with Gasteiger partial charge in [-0.1, -0.05) is 24.8 Å². The molecule has 1 aromatic carbocycles. The summed E-state index contributed by atoms with van der Waals surface area (Å²) >= 11 is 0. The van der Waals surface area contributed by atoms with Gasteiger partial charge in [0, 0.05) is 18.3 Å². The molecule has 3 aromatic rings. The summed E-state index contributed by atoms with van der Waals surface area (Å²) in [6.45, 7) is 12.1. The van der Waals surface area contributed by atoms with Crippen LogP contribution in [-0.4, -0.2) is 32.9 Å². The SMILES string of the molecule is C=C(OCC)c1nc(-c2cccc(CNC(=O)OC(C)(C)C)c2)c2cccn2n1. The van der Waals surface area contributed by atoms with Crippen molar-refractivity contribution in [2.75, 3.05) is 6.61 Å². The molecule has 2 heterocycles. The van der Waals surface area contributed by atoms with Crippen LogP contribution in [0.1, 0.15) is 39.1 Å². The number of hydrogen-bond donors (Lipinski definition) is 1. The number of fused-ring (bicyclic) bond motifs is 1. The van der Waals surface area contributed by atoms with Crippen molar-refractivity contribution < 1.29 is 14.3 Å². The Hall–Kier alpha value is -3.35. The Kier molecular flexibility index (Phi) is 5.87. The molecule has 29 heavy (non-hydrogen) atoms. The van der Waals surface area contributed by atoms with Crippen LogP contribution in [0.25, 0.3) is 22.5 Å². The highest BCUT2D eigenvalue weighted by atomic mass is 16.6. The molecule has 152 valence electrons. The Morgan fingerprint density at radius 2 is 2.03 bits per heavy atom. The fourth-order valence-corrected chi connectivity index (χ4v) is 2.82. The van der Waals surface area contributed by atoms with Gasteiger partial charge in [0.1, 0.15) is 5.60 Å². The van der Waals surface area contributed by atoms with E-state index in [0.29, 0.717) is 24.7 Å². The van der Waals surface area contributed by atoms with E-state index in [1.807, 2.05) is 70.3 Å². The molecule has 0 aliphatic carbocycles. The highest BCUT2D eigenvalue weighted by molar-refractivity contribution is 5.78. The number of hydrogen-bond acceptors (Lipinski definition) is 5. The highest BCUT2D eigenvalue weighted by Gasteiger charge is 2.16. The third kappa shape index (κ3) is 5.13. The lowest BCUT2D eigenvalue weighted by Crippen LogP contribution is -2.32. The maximum Gasteiger partial charge on any atom is 0.407 e. The second-order valence-corrected chi connectivity index (χ2v) is 7.53. The number of carbonyl (C=O) groups excluding carboxylic acids is 1. The van der Waals surface area contributed by atoms with Crippen molar-refractivity contribution in [2.45, 2.75) is 39.8 Å². The van der Waals surface area contributed by atoms with Crippen molar-refractivity contribution in [3.05, 3.63) is 60.6 Å². The van der Waals surface area contributed by atoms with E-state index in [9.17, 15) is 4.79 Å². The molecule has 1 N–H and O–H groups in total. The molecule has 0 saturated heterocycles. The van der Waals surface area contributed by atoms with Gasteiger partial charge in [-0.25, -0.2) is 14.3 Å². The highest BCUT2D eigenvalue weighted by Crippen LogP contribution is 2.25. The Bertz CT molecular complexity index is 1030. The number of nitrogens with one attached hydrogen (secondary N) is 1. The third-order valence-electron chi connectivity index (χ3n) is 4.00. The van der Waals surface area contributed by atoms with Crippen molar-refractivity contribution in [3.63, 3.8) is 0 Å². The molecule has 0 aliphatic rings. The molecule has 0 unspecified atom stereocenters. The Morgan fingerprint density at radius 3 is 2.76 bits per heavy atom. The number of nitrogens with zero attached hydrogens (tertiary/aromatic N) is 3. The molecule has 0 radical (unpaired) electrons. The summed E-state index contributed by atoms with van der Waals surface area (Å²) < 4.78 is 12.5. The van der Waals surface area contributed by atoms with Crippen molar-refractivity contribution in [3.8, 4) is 11.3 Å². The number of benzene rings is 1. The van der Waals surface area contributed by atoms with Gasteiger partial charge < -0.3 is 14.8 Å². The molecular formula is C22H26N4O3. The molecule has 0 saturated carbocycles. The van der Waals surface area contributed by atoms with Gasteiger partial charge in [0.25, 0.3) is 0 Å². The summed E-state index contributed by atoms with van der Waals surface area (Å²) in [4.78, 5) is 16.6. The van der Waals surface area contributed by atoms with Crippen LogP contribution < -0.4 is 5.32 Å². The summed E-state index contributed by atoms with van der Waals surface area (Å²) in [6.07, 6.45) is 1.41. The smallest absolute Gasteiger partial charge is 0.407 e. The molecule has 0 fully saturated rings. The first-order valence-electron chi connectivity index (χ1n) is 9.50. The maximum absolute atomic E-state index is 11.9.